The standard InChI is InChI=1S/C21H24N2O7P/c1-6-12-29-31(27,30-13-7-2)20-15(4)22-14(3)18(21(24)28-5)19(20)16-10-8-9-11-17(16)23(25)26/h6-11,27H,1-2,12-13H2,3-5H3/q+1. The Bertz CT molecular complexity index is 1010. The number of esters is 1. The van der Waals surface area contributed by atoms with Crippen LogP contribution in [0.5, 0.6) is 0 Å². The van der Waals surface area contributed by atoms with Gasteiger partial charge in [0.25, 0.3) is 5.69 Å². The van der Waals surface area contributed by atoms with Crippen molar-refractivity contribution >= 4 is 24.9 Å². The van der Waals surface area contributed by atoms with Crippen LogP contribution in [-0.2, 0) is 13.8 Å². The zero-order valence-corrected chi connectivity index (χ0v) is 18.4. The van der Waals surface area contributed by atoms with Gasteiger partial charge in [-0.05, 0) is 19.9 Å². The highest BCUT2D eigenvalue weighted by Crippen LogP contribution is 2.59. The van der Waals surface area contributed by atoms with Gasteiger partial charge in [-0.15, -0.1) is 13.2 Å². The predicted octanol–water partition coefficient (Wildman–Crippen LogP) is 3.85. The Labute approximate surface area is 180 Å². The zero-order chi connectivity index (χ0) is 23.2. The van der Waals surface area contributed by atoms with Crippen LogP contribution in [0.3, 0.4) is 0 Å². The number of nitro benzene ring substituents is 1. The molecule has 10 heteroatoms. The minimum absolute atomic E-state index is 0.0276. The van der Waals surface area contributed by atoms with Crippen LogP contribution < -0.4 is 5.30 Å². The second kappa shape index (κ2) is 10.4. The van der Waals surface area contributed by atoms with Crippen molar-refractivity contribution in [3.8, 4) is 11.1 Å². The fourth-order valence-electron chi connectivity index (χ4n) is 3.12. The van der Waals surface area contributed by atoms with E-state index in [0.29, 0.717) is 5.69 Å². The van der Waals surface area contributed by atoms with E-state index in [1.54, 1.807) is 19.9 Å². The normalized spacial score (nSPS) is 11.1. The molecule has 0 unspecified atom stereocenters. The van der Waals surface area contributed by atoms with Crippen LogP contribution in [-0.4, -0.2) is 41.1 Å². The molecule has 2 rings (SSSR count). The average molecular weight is 447 g/mol. The average Bonchev–Trinajstić information content (AvgIpc) is 2.75. The third kappa shape index (κ3) is 5.03. The largest absolute Gasteiger partial charge is 0.465 e. The highest BCUT2D eigenvalue weighted by molar-refractivity contribution is 7.69. The van der Waals surface area contributed by atoms with Crippen molar-refractivity contribution in [2.45, 2.75) is 13.8 Å². The van der Waals surface area contributed by atoms with E-state index in [2.05, 4.69) is 18.1 Å². The molecule has 1 aromatic heterocycles. The van der Waals surface area contributed by atoms with Crippen LogP contribution >= 0.6 is 7.94 Å². The van der Waals surface area contributed by atoms with Crippen molar-refractivity contribution in [3.05, 3.63) is 76.6 Å². The SMILES string of the molecule is C=CCO[P+](O)(OCC=C)c1c(C)nc(C)c(C(=O)OC)c1-c1ccccc1[N+](=O)[O-]. The molecule has 1 N–H and O–H groups in total. The summed E-state index contributed by atoms with van der Waals surface area (Å²) < 4.78 is 16.2. The van der Waals surface area contributed by atoms with E-state index in [0.717, 1.165) is 0 Å². The summed E-state index contributed by atoms with van der Waals surface area (Å²) in [7, 11) is -2.69. The van der Waals surface area contributed by atoms with E-state index in [9.17, 15) is 19.8 Å². The molecule has 0 amide bonds. The first-order valence-electron chi connectivity index (χ1n) is 9.18. The number of hydrogen-bond donors (Lipinski definition) is 1. The van der Waals surface area contributed by atoms with Crippen LogP contribution in [0.15, 0.2) is 49.6 Å². The molecule has 0 aliphatic heterocycles. The van der Waals surface area contributed by atoms with Crippen LogP contribution in [0, 0.1) is 24.0 Å². The van der Waals surface area contributed by atoms with Crippen molar-refractivity contribution in [1.29, 1.82) is 0 Å². The predicted molar refractivity (Wildman–Crippen MR) is 118 cm³/mol. The van der Waals surface area contributed by atoms with Crippen molar-refractivity contribution in [3.63, 3.8) is 0 Å². The smallest absolute Gasteiger partial charge is 0.449 e. The summed E-state index contributed by atoms with van der Waals surface area (Å²) in [5.41, 5.74) is 0.452. The topological polar surface area (TPSA) is 121 Å². The number of benzene rings is 1. The van der Waals surface area contributed by atoms with Gasteiger partial charge in [0.05, 0.1) is 40.1 Å². The van der Waals surface area contributed by atoms with E-state index in [1.807, 2.05) is 0 Å². The lowest BCUT2D eigenvalue weighted by Gasteiger charge is -2.22. The quantitative estimate of drug-likeness (QED) is 0.192. The summed E-state index contributed by atoms with van der Waals surface area (Å²) in [6.07, 6.45) is 2.84. The van der Waals surface area contributed by atoms with Gasteiger partial charge in [0.2, 0.25) is 5.30 Å². The molecule has 0 saturated heterocycles. The Hall–Kier alpha value is -2.97. The van der Waals surface area contributed by atoms with E-state index in [4.69, 9.17) is 13.8 Å². The molecule has 2 aromatic rings. The maximum Gasteiger partial charge on any atom is 0.449 e. The first kappa shape index (κ1) is 24.3. The van der Waals surface area contributed by atoms with Crippen molar-refractivity contribution in [2.75, 3.05) is 20.3 Å². The third-order valence-electron chi connectivity index (χ3n) is 4.30. The molecule has 1 aromatic carbocycles. The highest BCUT2D eigenvalue weighted by atomic mass is 31.2. The number of ether oxygens (including phenoxy) is 1. The number of para-hydroxylation sites is 1. The van der Waals surface area contributed by atoms with E-state index in [1.165, 1.54) is 37.5 Å². The minimum Gasteiger partial charge on any atom is -0.465 e. The van der Waals surface area contributed by atoms with Gasteiger partial charge in [0, 0.05) is 6.07 Å². The van der Waals surface area contributed by atoms with Gasteiger partial charge in [0.15, 0.2) is 0 Å². The number of aromatic nitrogens is 1. The molecule has 0 fully saturated rings. The second-order valence-corrected chi connectivity index (χ2v) is 8.34. The van der Waals surface area contributed by atoms with Crippen molar-refractivity contribution < 1.29 is 28.4 Å². The van der Waals surface area contributed by atoms with Gasteiger partial charge in [-0.3, -0.25) is 15.1 Å². The number of hydrogen-bond acceptors (Lipinski definition) is 8. The zero-order valence-electron chi connectivity index (χ0n) is 17.5. The molecule has 0 radical (unpaired) electrons. The monoisotopic (exact) mass is 447 g/mol. The van der Waals surface area contributed by atoms with Crippen LogP contribution in [0.1, 0.15) is 21.7 Å². The van der Waals surface area contributed by atoms with Crippen LogP contribution in [0.4, 0.5) is 5.69 Å². The molecular weight excluding hydrogens is 423 g/mol. The lowest BCUT2D eigenvalue weighted by atomic mass is 9.96. The Morgan fingerprint density at radius 1 is 1.19 bits per heavy atom. The molecule has 164 valence electrons. The third-order valence-corrected chi connectivity index (χ3v) is 6.41. The number of methoxy groups -OCH3 is 1. The van der Waals surface area contributed by atoms with Crippen molar-refractivity contribution in [1.82, 2.24) is 4.98 Å². The number of nitro groups is 1. The Balaban J connectivity index is 3.04. The summed E-state index contributed by atoms with van der Waals surface area (Å²) in [6.45, 7) is 10.2. The number of carbonyl (C=O) groups is 1. The molecule has 0 aliphatic rings. The Morgan fingerprint density at radius 3 is 2.29 bits per heavy atom. The number of nitrogens with zero attached hydrogens (tertiary/aromatic N) is 2. The summed E-state index contributed by atoms with van der Waals surface area (Å²) in [4.78, 5) is 39.7. The molecule has 9 nitrogen and oxygen atoms in total. The van der Waals surface area contributed by atoms with E-state index < -0.39 is 18.8 Å². The molecule has 0 bridgehead atoms. The lowest BCUT2D eigenvalue weighted by molar-refractivity contribution is -0.384. The van der Waals surface area contributed by atoms with Gasteiger partial charge in [0.1, 0.15) is 13.2 Å². The van der Waals surface area contributed by atoms with Crippen molar-refractivity contribution in [2.24, 2.45) is 0 Å². The van der Waals surface area contributed by atoms with Gasteiger partial charge in [-0.25, -0.2) is 4.79 Å². The first-order valence-corrected chi connectivity index (χ1v) is 10.8. The maximum atomic E-state index is 12.7. The highest BCUT2D eigenvalue weighted by Gasteiger charge is 2.50. The number of pyridine rings is 1. The van der Waals surface area contributed by atoms with E-state index in [-0.39, 0.29) is 46.6 Å². The maximum absolute atomic E-state index is 12.7. The number of carbonyl (C=O) groups excluding carboxylic acids is 1. The Kier molecular flexibility index (Phi) is 8.13. The number of rotatable bonds is 10. The molecule has 0 atom stereocenters. The van der Waals surface area contributed by atoms with Crippen LogP contribution in [0.2, 0.25) is 0 Å². The molecule has 0 saturated carbocycles. The summed E-state index contributed by atoms with van der Waals surface area (Å²) >= 11 is 0. The summed E-state index contributed by atoms with van der Waals surface area (Å²) in [5, 5.41) is 11.8. The second-order valence-electron chi connectivity index (χ2n) is 6.34. The fraction of sp³-hybridized carbons (Fsp3) is 0.238. The van der Waals surface area contributed by atoms with Gasteiger partial charge in [-0.1, -0.05) is 24.3 Å². The molecule has 31 heavy (non-hydrogen) atoms. The summed E-state index contributed by atoms with van der Waals surface area (Å²) in [6, 6.07) is 5.88. The molecule has 0 spiro atoms. The summed E-state index contributed by atoms with van der Waals surface area (Å²) in [5.74, 6) is -0.765. The lowest BCUT2D eigenvalue weighted by Crippen LogP contribution is -2.27. The van der Waals surface area contributed by atoms with Crippen LogP contribution in [0.25, 0.3) is 11.1 Å². The molecular formula is C21H24N2O7P+. The van der Waals surface area contributed by atoms with Gasteiger partial charge < -0.3 is 4.74 Å². The molecule has 0 aliphatic carbocycles. The molecule has 1 heterocycles. The minimum atomic E-state index is -3.88. The first-order chi connectivity index (χ1) is 14.7. The van der Waals surface area contributed by atoms with Gasteiger partial charge in [-0.2, -0.15) is 13.9 Å². The van der Waals surface area contributed by atoms with E-state index >= 15 is 0 Å². The fourth-order valence-corrected chi connectivity index (χ4v) is 5.04. The Morgan fingerprint density at radius 2 is 1.77 bits per heavy atom. The van der Waals surface area contributed by atoms with Gasteiger partial charge >= 0.3 is 13.9 Å². The number of aryl methyl sites for hydroxylation is 2.